The van der Waals surface area contributed by atoms with Gasteiger partial charge in [0.2, 0.25) is 0 Å². The van der Waals surface area contributed by atoms with Crippen LogP contribution in [0.4, 0.5) is 0 Å². The number of aliphatic imine (C=N–C) groups is 1. The molecule has 2 heterocycles. The molecular formula is C19H38N4O2. The van der Waals surface area contributed by atoms with Crippen LogP contribution in [0.3, 0.4) is 0 Å². The van der Waals surface area contributed by atoms with Crippen molar-refractivity contribution < 1.29 is 9.84 Å². The van der Waals surface area contributed by atoms with Crippen molar-refractivity contribution in [1.29, 1.82) is 0 Å². The molecule has 2 aliphatic rings. The molecule has 25 heavy (non-hydrogen) atoms. The van der Waals surface area contributed by atoms with Gasteiger partial charge in [0.05, 0.1) is 6.61 Å². The fraction of sp³-hybridized carbons (Fsp3) is 0.947. The monoisotopic (exact) mass is 354 g/mol. The standard InChI is InChI=1S/C19H38N4O2/c1-3-4-10-23-11-6-5-7-17(23)14-21-18(20-2)22-15-19(8-12-24)9-13-25-16-19/h17,24H,3-16H2,1-2H3,(H2,20,21,22). The zero-order valence-corrected chi connectivity index (χ0v) is 16.2. The van der Waals surface area contributed by atoms with E-state index < -0.39 is 0 Å². The molecule has 2 unspecified atom stereocenters. The van der Waals surface area contributed by atoms with Crippen molar-refractivity contribution in [1.82, 2.24) is 15.5 Å². The van der Waals surface area contributed by atoms with Crippen LogP contribution in [0.1, 0.15) is 51.9 Å². The normalized spacial score (nSPS) is 28.3. The number of aliphatic hydroxyl groups is 1. The summed E-state index contributed by atoms with van der Waals surface area (Å²) in [6.07, 6.45) is 8.27. The van der Waals surface area contributed by atoms with E-state index in [-0.39, 0.29) is 12.0 Å². The minimum absolute atomic E-state index is 0.0460. The molecule has 2 rings (SSSR count). The average molecular weight is 355 g/mol. The van der Waals surface area contributed by atoms with E-state index in [1.807, 2.05) is 7.05 Å². The number of aliphatic hydroxyl groups excluding tert-OH is 1. The third-order valence-electron chi connectivity index (χ3n) is 5.73. The average Bonchev–Trinajstić information content (AvgIpc) is 3.10. The summed E-state index contributed by atoms with van der Waals surface area (Å²) in [6.45, 7) is 8.20. The summed E-state index contributed by atoms with van der Waals surface area (Å²) in [7, 11) is 1.83. The van der Waals surface area contributed by atoms with Gasteiger partial charge in [0, 0.05) is 44.8 Å². The van der Waals surface area contributed by atoms with Gasteiger partial charge in [0.25, 0.3) is 0 Å². The van der Waals surface area contributed by atoms with Crippen LogP contribution in [-0.2, 0) is 4.74 Å². The lowest BCUT2D eigenvalue weighted by Crippen LogP contribution is -2.50. The van der Waals surface area contributed by atoms with E-state index in [4.69, 9.17) is 4.74 Å². The Morgan fingerprint density at radius 2 is 2.24 bits per heavy atom. The number of nitrogens with one attached hydrogen (secondary N) is 2. The van der Waals surface area contributed by atoms with E-state index in [1.165, 1.54) is 45.2 Å². The van der Waals surface area contributed by atoms with Gasteiger partial charge in [-0.05, 0) is 45.2 Å². The number of likely N-dealkylation sites (tertiary alicyclic amines) is 1. The minimum Gasteiger partial charge on any atom is -0.396 e. The van der Waals surface area contributed by atoms with Crippen LogP contribution in [0.5, 0.6) is 0 Å². The fourth-order valence-corrected chi connectivity index (χ4v) is 3.96. The van der Waals surface area contributed by atoms with E-state index in [9.17, 15) is 5.11 Å². The molecule has 2 aliphatic heterocycles. The highest BCUT2D eigenvalue weighted by molar-refractivity contribution is 5.79. The molecule has 0 radical (unpaired) electrons. The number of piperidine rings is 1. The Morgan fingerprint density at radius 1 is 1.36 bits per heavy atom. The van der Waals surface area contributed by atoms with Gasteiger partial charge in [-0.1, -0.05) is 19.8 Å². The third kappa shape index (κ3) is 6.42. The number of guanidine groups is 1. The van der Waals surface area contributed by atoms with Crippen molar-refractivity contribution in [3.05, 3.63) is 0 Å². The van der Waals surface area contributed by atoms with E-state index in [2.05, 4.69) is 27.4 Å². The van der Waals surface area contributed by atoms with E-state index in [0.29, 0.717) is 6.04 Å². The van der Waals surface area contributed by atoms with Gasteiger partial charge < -0.3 is 20.5 Å². The maximum atomic E-state index is 9.35. The molecule has 2 saturated heterocycles. The van der Waals surface area contributed by atoms with E-state index >= 15 is 0 Å². The summed E-state index contributed by atoms with van der Waals surface area (Å²) >= 11 is 0. The van der Waals surface area contributed by atoms with Gasteiger partial charge in [-0.25, -0.2) is 0 Å². The smallest absolute Gasteiger partial charge is 0.191 e. The zero-order valence-electron chi connectivity index (χ0n) is 16.2. The number of hydrogen-bond acceptors (Lipinski definition) is 4. The number of nitrogens with zero attached hydrogens (tertiary/aromatic N) is 2. The number of rotatable bonds is 9. The van der Waals surface area contributed by atoms with Crippen molar-refractivity contribution in [3.63, 3.8) is 0 Å². The Labute approximate surface area is 153 Å². The topological polar surface area (TPSA) is 69.1 Å². The molecule has 6 heteroatoms. The zero-order chi connectivity index (χ0) is 18.0. The van der Waals surface area contributed by atoms with Crippen LogP contribution in [0.15, 0.2) is 4.99 Å². The quantitative estimate of drug-likeness (QED) is 0.433. The SMILES string of the molecule is CCCCN1CCCCC1CNC(=NC)NCC1(CCO)CCOC1. The van der Waals surface area contributed by atoms with Crippen LogP contribution in [0, 0.1) is 5.41 Å². The first-order valence-corrected chi connectivity index (χ1v) is 10.1. The number of unbranched alkanes of at least 4 members (excludes halogenated alkanes) is 1. The molecule has 2 atom stereocenters. The van der Waals surface area contributed by atoms with Crippen LogP contribution in [-0.4, -0.2) is 75.1 Å². The lowest BCUT2D eigenvalue weighted by molar-refractivity contribution is 0.127. The summed E-state index contributed by atoms with van der Waals surface area (Å²) in [6, 6.07) is 0.611. The second kappa shape index (κ2) is 11.0. The molecule has 146 valence electrons. The molecule has 2 fully saturated rings. The molecule has 0 aromatic heterocycles. The predicted molar refractivity (Wildman–Crippen MR) is 103 cm³/mol. The third-order valence-corrected chi connectivity index (χ3v) is 5.73. The van der Waals surface area contributed by atoms with Gasteiger partial charge in [-0.3, -0.25) is 9.89 Å². The Kier molecular flexibility index (Phi) is 8.99. The van der Waals surface area contributed by atoms with E-state index in [0.717, 1.165) is 45.1 Å². The van der Waals surface area contributed by atoms with Crippen LogP contribution in [0.2, 0.25) is 0 Å². The van der Waals surface area contributed by atoms with Crippen molar-refractivity contribution in [2.45, 2.75) is 57.9 Å². The largest absolute Gasteiger partial charge is 0.396 e. The molecule has 0 aromatic carbocycles. The Morgan fingerprint density at radius 3 is 2.92 bits per heavy atom. The van der Waals surface area contributed by atoms with Gasteiger partial charge in [0.1, 0.15) is 0 Å². The second-order valence-electron chi connectivity index (χ2n) is 7.62. The maximum absolute atomic E-state index is 9.35. The van der Waals surface area contributed by atoms with Crippen LogP contribution < -0.4 is 10.6 Å². The van der Waals surface area contributed by atoms with Crippen molar-refractivity contribution >= 4 is 5.96 Å². The van der Waals surface area contributed by atoms with Crippen molar-refractivity contribution in [3.8, 4) is 0 Å². The van der Waals surface area contributed by atoms with Gasteiger partial charge in [0.15, 0.2) is 5.96 Å². The molecule has 3 N–H and O–H groups in total. The lowest BCUT2D eigenvalue weighted by atomic mass is 9.84. The molecule has 0 spiro atoms. The molecule has 0 bridgehead atoms. The molecule has 0 aliphatic carbocycles. The van der Waals surface area contributed by atoms with E-state index in [1.54, 1.807) is 0 Å². The summed E-state index contributed by atoms with van der Waals surface area (Å²) in [5, 5.41) is 16.3. The Hall–Kier alpha value is -0.850. The molecule has 0 saturated carbocycles. The maximum Gasteiger partial charge on any atom is 0.191 e. The number of hydrogen-bond donors (Lipinski definition) is 3. The molecular weight excluding hydrogens is 316 g/mol. The highest BCUT2D eigenvalue weighted by Crippen LogP contribution is 2.31. The summed E-state index contributed by atoms with van der Waals surface area (Å²) in [4.78, 5) is 7.03. The molecule has 0 amide bonds. The van der Waals surface area contributed by atoms with Crippen molar-refractivity contribution in [2.24, 2.45) is 10.4 Å². The highest BCUT2D eigenvalue weighted by Gasteiger charge is 2.34. The summed E-state index contributed by atoms with van der Waals surface area (Å²) in [5.41, 5.74) is 0.0460. The Bertz CT molecular complexity index is 397. The molecule has 0 aromatic rings. The van der Waals surface area contributed by atoms with Crippen LogP contribution in [0.25, 0.3) is 0 Å². The summed E-state index contributed by atoms with van der Waals surface area (Å²) in [5.74, 6) is 0.866. The fourth-order valence-electron chi connectivity index (χ4n) is 3.96. The second-order valence-corrected chi connectivity index (χ2v) is 7.62. The first kappa shape index (κ1) is 20.5. The van der Waals surface area contributed by atoms with Gasteiger partial charge in [-0.2, -0.15) is 0 Å². The first-order valence-electron chi connectivity index (χ1n) is 10.1. The first-order chi connectivity index (χ1) is 12.2. The minimum atomic E-state index is 0.0460. The van der Waals surface area contributed by atoms with Crippen LogP contribution >= 0.6 is 0 Å². The summed E-state index contributed by atoms with van der Waals surface area (Å²) < 4.78 is 5.57. The predicted octanol–water partition coefficient (Wildman–Crippen LogP) is 1.60. The van der Waals surface area contributed by atoms with Crippen molar-refractivity contribution in [2.75, 3.05) is 53.0 Å². The Balaban J connectivity index is 1.78. The van der Waals surface area contributed by atoms with Gasteiger partial charge in [-0.15, -0.1) is 0 Å². The van der Waals surface area contributed by atoms with Gasteiger partial charge >= 0.3 is 0 Å². The lowest BCUT2D eigenvalue weighted by Gasteiger charge is -2.36. The molecule has 6 nitrogen and oxygen atoms in total. The highest BCUT2D eigenvalue weighted by atomic mass is 16.5. The number of ether oxygens (including phenoxy) is 1.